The fourth-order valence-electron chi connectivity index (χ4n) is 9.15. The Balaban J connectivity index is 2.16. The maximum absolute atomic E-state index is 7.83. The van der Waals surface area contributed by atoms with Gasteiger partial charge in [-0.2, -0.15) is 0 Å². The van der Waals surface area contributed by atoms with Gasteiger partial charge in [-0.1, -0.05) is 58.9 Å². The summed E-state index contributed by atoms with van der Waals surface area (Å²) < 4.78 is 15.4. The first kappa shape index (κ1) is 30.9. The summed E-state index contributed by atoms with van der Waals surface area (Å²) in [6.45, 7) is 37.8. The molecule has 4 aliphatic carbocycles. The van der Waals surface area contributed by atoms with Crippen LogP contribution in [0, 0.1) is 23.2 Å². The number of allylic oxidation sites excluding steroid dienone is 1. The lowest BCUT2D eigenvalue weighted by molar-refractivity contribution is -0.0505. The van der Waals surface area contributed by atoms with Gasteiger partial charge in [0.2, 0.25) is 8.32 Å². The Hall–Kier alpha value is -0.0356. The van der Waals surface area contributed by atoms with Gasteiger partial charge < -0.3 is 13.8 Å². The molecule has 0 N–H and O–H groups in total. The molecule has 4 saturated carbocycles. The van der Waals surface area contributed by atoms with Crippen molar-refractivity contribution >= 4 is 38.9 Å². The molecule has 38 heavy (non-hydrogen) atoms. The van der Waals surface area contributed by atoms with Crippen molar-refractivity contribution < 1.29 is 8.85 Å². The Kier molecular flexibility index (Phi) is 7.51. The van der Waals surface area contributed by atoms with Crippen LogP contribution in [0.5, 0.6) is 0 Å². The smallest absolute Gasteiger partial charge is 0.270 e. The number of rotatable bonds is 6. The fraction of sp³-hybridized carbons (Fsp3) is 0.867. The van der Waals surface area contributed by atoms with E-state index in [2.05, 4.69) is 110 Å². The summed E-state index contributed by atoms with van der Waals surface area (Å²) >= 11 is 0. The van der Waals surface area contributed by atoms with E-state index in [0.29, 0.717) is 0 Å². The zero-order valence-electron chi connectivity index (χ0n) is 27.8. The van der Waals surface area contributed by atoms with Gasteiger partial charge in [0.1, 0.15) is 5.76 Å². The molecule has 0 aromatic rings. The molecule has 0 spiro atoms. The summed E-state index contributed by atoms with van der Waals surface area (Å²) in [5, 5.41) is 1.64. The minimum Gasteiger partial charge on any atom is -0.546 e. The lowest BCUT2D eigenvalue weighted by atomic mass is 9.49. The van der Waals surface area contributed by atoms with Crippen LogP contribution in [0.4, 0.5) is 0 Å². The molecule has 8 heteroatoms. The van der Waals surface area contributed by atoms with Gasteiger partial charge in [-0.25, -0.2) is 0 Å². The van der Waals surface area contributed by atoms with Crippen LogP contribution in [0.25, 0.3) is 0 Å². The van der Waals surface area contributed by atoms with E-state index in [9.17, 15) is 0 Å². The molecule has 1 saturated heterocycles. The third-order valence-electron chi connectivity index (χ3n) is 9.52. The van der Waals surface area contributed by atoms with Gasteiger partial charge in [0.25, 0.3) is 7.35 Å². The highest BCUT2D eigenvalue weighted by atomic mass is 29.7. The Morgan fingerprint density at radius 1 is 0.816 bits per heavy atom. The first-order valence-corrected chi connectivity index (χ1v) is 33.4. The Morgan fingerprint density at radius 3 is 1.55 bits per heavy atom. The molecule has 5 aliphatic rings. The summed E-state index contributed by atoms with van der Waals surface area (Å²) in [6, 6.07) is 0. The van der Waals surface area contributed by atoms with Gasteiger partial charge in [-0.05, 0) is 102 Å². The highest BCUT2D eigenvalue weighted by Crippen LogP contribution is 2.65. The monoisotopic (exact) mass is 607 g/mol. The molecular formula is C30H61NO2Si5. The largest absolute Gasteiger partial charge is 0.546 e. The van der Waals surface area contributed by atoms with Gasteiger partial charge in [0.15, 0.2) is 5.88 Å². The van der Waals surface area contributed by atoms with Crippen LogP contribution in [0.1, 0.15) is 59.3 Å². The SMILES string of the molecule is CC(C)(C)N1/C(=C/[Si](C)(C)C)O[Si]([Si](C)(C)C)([Si](C)(C)C)/C1=C(/O[Si](C)(C)C)C12CC3CC(CC(C3)C1)C2. The molecule has 0 aromatic heterocycles. The highest BCUT2D eigenvalue weighted by molar-refractivity contribution is 7.69. The quantitative estimate of drug-likeness (QED) is 0.222. The van der Waals surface area contributed by atoms with Crippen molar-refractivity contribution in [3.05, 3.63) is 22.7 Å². The van der Waals surface area contributed by atoms with Crippen LogP contribution < -0.4 is 0 Å². The van der Waals surface area contributed by atoms with E-state index in [1.165, 1.54) is 50.2 Å². The van der Waals surface area contributed by atoms with Crippen LogP contribution in [0.3, 0.4) is 0 Å². The second-order valence-electron chi connectivity index (χ2n) is 18.7. The zero-order chi connectivity index (χ0) is 28.9. The average molecular weight is 608 g/mol. The number of nitrogens with zero attached hydrogens (tertiary/aromatic N) is 1. The topological polar surface area (TPSA) is 21.7 Å². The summed E-state index contributed by atoms with van der Waals surface area (Å²) in [7, 11) is -9.34. The fourth-order valence-corrected chi connectivity index (χ4v) is 52.5. The first-order valence-electron chi connectivity index (χ1n) is 15.5. The molecular weight excluding hydrogens is 547 g/mol. The maximum Gasteiger partial charge on any atom is 0.270 e. The first-order chi connectivity index (χ1) is 16.9. The normalized spacial score (nSPS) is 34.1. The minimum absolute atomic E-state index is 0.0504. The van der Waals surface area contributed by atoms with E-state index in [0.717, 1.165) is 17.8 Å². The van der Waals surface area contributed by atoms with Gasteiger partial charge >= 0.3 is 0 Å². The lowest BCUT2D eigenvalue weighted by Gasteiger charge is -2.59. The predicted molar refractivity (Wildman–Crippen MR) is 179 cm³/mol. The lowest BCUT2D eigenvalue weighted by Crippen LogP contribution is -2.74. The zero-order valence-corrected chi connectivity index (χ0v) is 32.8. The number of hydrogen-bond donors (Lipinski definition) is 0. The average Bonchev–Trinajstić information content (AvgIpc) is 2.98. The Morgan fingerprint density at radius 2 is 1.24 bits per heavy atom. The second kappa shape index (κ2) is 9.23. The molecule has 0 unspecified atom stereocenters. The molecule has 1 heterocycles. The third-order valence-corrected chi connectivity index (χ3v) is 45.5. The molecule has 218 valence electrons. The standard InChI is InChI=1S/C30H61NO2Si5/c1-29(2,3)31-26(22-34(4,5)6)32-38(36(10,11)12,37(13,14)15)28(31)27(33-35(7,8)9)30-19-23-16-24(20-30)18-25(17-23)21-30/h22-25H,16-21H2,1-15H3/b26-22-,28-27+. The van der Waals surface area contributed by atoms with Crippen LogP contribution >= 0.6 is 0 Å². The molecule has 1 aliphatic heterocycles. The summed E-state index contributed by atoms with van der Waals surface area (Å²) in [4.78, 5) is 2.77. The molecule has 0 aromatic carbocycles. The molecule has 5 fully saturated rings. The van der Waals surface area contributed by atoms with Crippen molar-refractivity contribution in [2.24, 2.45) is 23.2 Å². The van der Waals surface area contributed by atoms with Gasteiger partial charge in [-0.3, -0.25) is 0 Å². The van der Waals surface area contributed by atoms with E-state index in [-0.39, 0.29) is 11.0 Å². The Labute approximate surface area is 241 Å². The molecule has 0 atom stereocenters. The second-order valence-corrected chi connectivity index (χ2v) is 53.9. The van der Waals surface area contributed by atoms with E-state index in [1.807, 2.05) is 0 Å². The summed E-state index contributed by atoms with van der Waals surface area (Å²) in [5.74, 6) is 5.39. The predicted octanol–water partition coefficient (Wildman–Crippen LogP) is 9.43. The van der Waals surface area contributed by atoms with Crippen LogP contribution in [-0.4, -0.2) is 49.4 Å². The molecule has 0 amide bonds. The van der Waals surface area contributed by atoms with Gasteiger partial charge in [-0.15, -0.1) is 0 Å². The van der Waals surface area contributed by atoms with E-state index >= 15 is 0 Å². The van der Waals surface area contributed by atoms with Crippen molar-refractivity contribution in [2.45, 2.75) is 143 Å². The highest BCUT2D eigenvalue weighted by Gasteiger charge is 2.70. The van der Waals surface area contributed by atoms with E-state index in [4.69, 9.17) is 8.85 Å². The maximum atomic E-state index is 7.83. The van der Waals surface area contributed by atoms with E-state index < -0.39 is 38.9 Å². The number of hydrogen-bond acceptors (Lipinski definition) is 3. The molecule has 4 bridgehead atoms. The van der Waals surface area contributed by atoms with Gasteiger partial charge in [0.05, 0.1) is 28.6 Å². The molecule has 3 nitrogen and oxygen atoms in total. The van der Waals surface area contributed by atoms with Crippen LogP contribution in [0.15, 0.2) is 22.7 Å². The van der Waals surface area contributed by atoms with Crippen molar-refractivity contribution in [1.29, 1.82) is 0 Å². The Bertz CT molecular complexity index is 949. The summed E-state index contributed by atoms with van der Waals surface area (Å²) in [6.07, 6.45) is 8.48. The molecule has 0 radical (unpaired) electrons. The van der Waals surface area contributed by atoms with Crippen LogP contribution in [-0.2, 0) is 8.85 Å². The van der Waals surface area contributed by atoms with Crippen molar-refractivity contribution in [3.63, 3.8) is 0 Å². The minimum atomic E-state index is -2.38. The van der Waals surface area contributed by atoms with Crippen molar-refractivity contribution in [3.8, 4) is 0 Å². The van der Waals surface area contributed by atoms with Crippen molar-refractivity contribution in [1.82, 2.24) is 4.90 Å². The molecule has 5 rings (SSSR count). The summed E-state index contributed by atoms with van der Waals surface area (Å²) in [5.41, 5.74) is 2.77. The van der Waals surface area contributed by atoms with Crippen LogP contribution in [0.2, 0.25) is 78.6 Å². The van der Waals surface area contributed by atoms with Crippen molar-refractivity contribution in [2.75, 3.05) is 0 Å². The van der Waals surface area contributed by atoms with E-state index in [1.54, 1.807) is 5.32 Å². The third kappa shape index (κ3) is 5.43. The van der Waals surface area contributed by atoms with Gasteiger partial charge in [0, 0.05) is 11.0 Å².